The average molecular weight is 349 g/mol. The van der Waals surface area contributed by atoms with Crippen LogP contribution in [-0.2, 0) is 0 Å². The number of hydrogen-bond donors (Lipinski definition) is 0. The van der Waals surface area contributed by atoms with Crippen LogP contribution in [0.15, 0.2) is 36.4 Å². The fourth-order valence-corrected chi connectivity index (χ4v) is 3.27. The molecule has 1 aromatic rings. The van der Waals surface area contributed by atoms with Gasteiger partial charge in [-0.15, -0.1) is 0 Å². The first-order valence-electron chi connectivity index (χ1n) is 10.2. The lowest BCUT2D eigenvalue weighted by atomic mass is 9.81. The predicted molar refractivity (Wildman–Crippen MR) is 111 cm³/mol. The zero-order valence-corrected chi connectivity index (χ0v) is 16.4. The van der Waals surface area contributed by atoms with Gasteiger partial charge in [0.1, 0.15) is 5.75 Å². The molecule has 1 nitrogen and oxygen atoms in total. The van der Waals surface area contributed by atoms with Crippen molar-refractivity contribution in [3.63, 3.8) is 0 Å². The highest BCUT2D eigenvalue weighted by atomic mass is 16.5. The second kappa shape index (κ2) is 12.3. The zero-order chi connectivity index (χ0) is 18.5. The molecule has 0 aliphatic heterocycles. The van der Waals surface area contributed by atoms with E-state index in [1.165, 1.54) is 44.9 Å². The molecule has 1 heteroatoms. The molecule has 0 unspecified atom stereocenters. The van der Waals surface area contributed by atoms with Crippen molar-refractivity contribution >= 4 is 0 Å². The van der Waals surface area contributed by atoms with E-state index in [4.69, 9.17) is 4.74 Å². The summed E-state index contributed by atoms with van der Waals surface area (Å²) in [6, 6.07) is 8.00. The summed E-state index contributed by atoms with van der Waals surface area (Å²) in [5.41, 5.74) is 1.00. The SMILES string of the molecule is CCCCCOc1ccc(C#C/C=C/C#C[C@H]2CC[C@H](CC)CC2)cc1. The zero-order valence-electron chi connectivity index (χ0n) is 16.4. The van der Waals surface area contributed by atoms with E-state index in [1.54, 1.807) is 0 Å². The maximum atomic E-state index is 5.71. The fourth-order valence-electron chi connectivity index (χ4n) is 3.27. The molecule has 0 spiro atoms. The van der Waals surface area contributed by atoms with E-state index in [-0.39, 0.29) is 0 Å². The van der Waals surface area contributed by atoms with Gasteiger partial charge in [-0.2, -0.15) is 0 Å². The molecule has 138 valence electrons. The van der Waals surface area contributed by atoms with Gasteiger partial charge in [-0.3, -0.25) is 0 Å². The maximum absolute atomic E-state index is 5.71. The second-order valence-electron chi connectivity index (χ2n) is 7.10. The Bertz CT molecular complexity index is 652. The van der Waals surface area contributed by atoms with Crippen molar-refractivity contribution in [3.05, 3.63) is 42.0 Å². The minimum absolute atomic E-state index is 0.584. The lowest BCUT2D eigenvalue weighted by molar-refractivity contribution is 0.306. The number of ether oxygens (including phenoxy) is 1. The molecule has 0 saturated heterocycles. The molecule has 26 heavy (non-hydrogen) atoms. The van der Waals surface area contributed by atoms with Gasteiger partial charge in [0.25, 0.3) is 0 Å². The summed E-state index contributed by atoms with van der Waals surface area (Å²) in [7, 11) is 0. The summed E-state index contributed by atoms with van der Waals surface area (Å²) in [5, 5.41) is 0. The van der Waals surface area contributed by atoms with Crippen LogP contribution in [0.4, 0.5) is 0 Å². The van der Waals surface area contributed by atoms with E-state index in [2.05, 4.69) is 37.5 Å². The van der Waals surface area contributed by atoms with Crippen molar-refractivity contribution < 1.29 is 4.74 Å². The summed E-state index contributed by atoms with van der Waals surface area (Å²) in [4.78, 5) is 0. The molecule has 0 heterocycles. The van der Waals surface area contributed by atoms with Crippen LogP contribution in [0.5, 0.6) is 5.75 Å². The van der Waals surface area contributed by atoms with Crippen molar-refractivity contribution in [2.45, 2.75) is 65.2 Å². The Balaban J connectivity index is 1.72. The number of unbranched alkanes of at least 4 members (excludes halogenated alkanes) is 2. The van der Waals surface area contributed by atoms with Gasteiger partial charge < -0.3 is 4.74 Å². The topological polar surface area (TPSA) is 9.23 Å². The quantitative estimate of drug-likeness (QED) is 0.428. The first-order chi connectivity index (χ1) is 12.8. The lowest BCUT2D eigenvalue weighted by Gasteiger charge is -2.24. The van der Waals surface area contributed by atoms with Crippen LogP contribution < -0.4 is 4.74 Å². The number of allylic oxidation sites excluding steroid dienone is 2. The van der Waals surface area contributed by atoms with Gasteiger partial charge in [-0.05, 0) is 74.4 Å². The first-order valence-corrected chi connectivity index (χ1v) is 10.2. The molecule has 0 amide bonds. The highest BCUT2D eigenvalue weighted by molar-refractivity contribution is 5.40. The molecule has 1 aliphatic carbocycles. The van der Waals surface area contributed by atoms with Crippen LogP contribution >= 0.6 is 0 Å². The molecule has 0 N–H and O–H groups in total. The van der Waals surface area contributed by atoms with Crippen LogP contribution in [0.3, 0.4) is 0 Å². The molecule has 0 radical (unpaired) electrons. The Morgan fingerprint density at radius 3 is 2.38 bits per heavy atom. The van der Waals surface area contributed by atoms with E-state index in [9.17, 15) is 0 Å². The molecule has 1 saturated carbocycles. The summed E-state index contributed by atoms with van der Waals surface area (Å²) < 4.78 is 5.71. The highest BCUT2D eigenvalue weighted by Crippen LogP contribution is 2.29. The van der Waals surface area contributed by atoms with Crippen molar-refractivity contribution in [2.75, 3.05) is 6.61 Å². The van der Waals surface area contributed by atoms with Gasteiger partial charge >= 0.3 is 0 Å². The third-order valence-electron chi connectivity index (χ3n) is 5.05. The van der Waals surface area contributed by atoms with Crippen molar-refractivity contribution in [1.29, 1.82) is 0 Å². The minimum Gasteiger partial charge on any atom is -0.494 e. The normalized spacial score (nSPS) is 19.3. The molecular weight excluding hydrogens is 316 g/mol. The Morgan fingerprint density at radius 2 is 1.69 bits per heavy atom. The van der Waals surface area contributed by atoms with Gasteiger partial charge in [0.05, 0.1) is 6.61 Å². The molecule has 0 atom stereocenters. The number of benzene rings is 1. The summed E-state index contributed by atoms with van der Waals surface area (Å²) in [5.74, 6) is 15.2. The smallest absolute Gasteiger partial charge is 0.119 e. The summed E-state index contributed by atoms with van der Waals surface area (Å²) in [6.45, 7) is 5.29. The largest absolute Gasteiger partial charge is 0.494 e. The van der Waals surface area contributed by atoms with E-state index in [1.807, 2.05) is 36.4 Å². The predicted octanol–water partition coefficient (Wildman–Crippen LogP) is 6.38. The first kappa shape index (κ1) is 20.2. The molecule has 0 aromatic heterocycles. The molecule has 0 bridgehead atoms. The van der Waals surface area contributed by atoms with E-state index in [0.29, 0.717) is 5.92 Å². The van der Waals surface area contributed by atoms with E-state index < -0.39 is 0 Å². The van der Waals surface area contributed by atoms with Crippen LogP contribution in [0.1, 0.15) is 70.8 Å². The van der Waals surface area contributed by atoms with Crippen LogP contribution in [0, 0.1) is 35.5 Å². The van der Waals surface area contributed by atoms with E-state index in [0.717, 1.165) is 30.3 Å². The second-order valence-corrected chi connectivity index (χ2v) is 7.10. The maximum Gasteiger partial charge on any atom is 0.119 e. The summed E-state index contributed by atoms with van der Waals surface area (Å²) >= 11 is 0. The van der Waals surface area contributed by atoms with Gasteiger partial charge in [-0.25, -0.2) is 0 Å². The minimum atomic E-state index is 0.584. The van der Waals surface area contributed by atoms with Crippen LogP contribution in [-0.4, -0.2) is 6.61 Å². The van der Waals surface area contributed by atoms with Crippen molar-refractivity contribution in [3.8, 4) is 29.4 Å². The number of rotatable bonds is 6. The van der Waals surface area contributed by atoms with Gasteiger partial charge in [0, 0.05) is 11.5 Å². The lowest BCUT2D eigenvalue weighted by Crippen LogP contribution is -2.12. The Kier molecular flexibility index (Phi) is 9.53. The van der Waals surface area contributed by atoms with Crippen molar-refractivity contribution in [1.82, 2.24) is 0 Å². The standard InChI is InChI=1S/C25H32O/c1-3-5-10-21-26-25-19-17-24(18-20-25)12-9-7-6-8-11-23-15-13-22(4-2)14-16-23/h6-7,17-20,22-23H,3-5,10,13-16,21H2,1-2H3/b7-6+/t22-,23-. The van der Waals surface area contributed by atoms with Gasteiger partial charge in [0.2, 0.25) is 0 Å². The fraction of sp³-hybridized carbons (Fsp3) is 0.520. The third-order valence-corrected chi connectivity index (χ3v) is 5.05. The molecule has 1 aromatic carbocycles. The summed E-state index contributed by atoms with van der Waals surface area (Å²) in [6.07, 6.45) is 13.8. The van der Waals surface area contributed by atoms with Gasteiger partial charge in [0.15, 0.2) is 0 Å². The molecule has 2 rings (SSSR count). The van der Waals surface area contributed by atoms with Crippen LogP contribution in [0.25, 0.3) is 0 Å². The third kappa shape index (κ3) is 7.84. The number of hydrogen-bond acceptors (Lipinski definition) is 1. The van der Waals surface area contributed by atoms with Gasteiger partial charge in [-0.1, -0.05) is 56.8 Å². The Labute approximate surface area is 160 Å². The molecule has 1 aliphatic rings. The van der Waals surface area contributed by atoms with E-state index >= 15 is 0 Å². The van der Waals surface area contributed by atoms with Crippen LogP contribution in [0.2, 0.25) is 0 Å². The Morgan fingerprint density at radius 1 is 0.962 bits per heavy atom. The molecule has 1 fully saturated rings. The highest BCUT2D eigenvalue weighted by Gasteiger charge is 2.17. The Hall–Kier alpha value is -2.12. The average Bonchev–Trinajstić information content (AvgIpc) is 2.69. The molecular formula is C25H32O. The van der Waals surface area contributed by atoms with Crippen molar-refractivity contribution in [2.24, 2.45) is 11.8 Å². The monoisotopic (exact) mass is 348 g/mol.